The summed E-state index contributed by atoms with van der Waals surface area (Å²) in [6, 6.07) is 6.30. The minimum atomic E-state index is 0.0730. The Morgan fingerprint density at radius 3 is 2.88 bits per heavy atom. The highest BCUT2D eigenvalue weighted by Crippen LogP contribution is 2.33. The van der Waals surface area contributed by atoms with Crippen molar-refractivity contribution in [3.8, 4) is 0 Å². The Bertz CT molecular complexity index is 412. The van der Waals surface area contributed by atoms with E-state index in [1.54, 1.807) is 0 Å². The molecule has 0 saturated heterocycles. The lowest BCUT2D eigenvalue weighted by molar-refractivity contribution is -0.116. The van der Waals surface area contributed by atoms with Gasteiger partial charge in [-0.2, -0.15) is 0 Å². The number of nitrogens with two attached hydrogens (primary N) is 1. The topological polar surface area (TPSA) is 55.1 Å². The fourth-order valence-electron chi connectivity index (χ4n) is 2.14. The van der Waals surface area contributed by atoms with Gasteiger partial charge in [0.2, 0.25) is 5.91 Å². The molecular weight excluding hydrogens is 200 g/mol. The maximum atomic E-state index is 11.5. The molecule has 2 rings (SSSR count). The van der Waals surface area contributed by atoms with E-state index in [4.69, 9.17) is 5.73 Å². The van der Waals surface area contributed by atoms with Gasteiger partial charge >= 0.3 is 0 Å². The number of anilines is 1. The summed E-state index contributed by atoms with van der Waals surface area (Å²) in [5.74, 6) is 0.717. The molecule has 0 bridgehead atoms. The third kappa shape index (κ3) is 1.95. The maximum absolute atomic E-state index is 11.5. The summed E-state index contributed by atoms with van der Waals surface area (Å²) in [5, 5.41) is 2.92. The van der Waals surface area contributed by atoms with Gasteiger partial charge in [-0.3, -0.25) is 4.79 Å². The molecule has 1 unspecified atom stereocenters. The molecule has 1 atom stereocenters. The van der Waals surface area contributed by atoms with Crippen molar-refractivity contribution in [3.05, 3.63) is 29.3 Å². The van der Waals surface area contributed by atoms with Crippen molar-refractivity contribution in [2.75, 3.05) is 11.9 Å². The fraction of sp³-hybridized carbons (Fsp3) is 0.462. The zero-order valence-corrected chi connectivity index (χ0v) is 9.79. The number of carbonyl (C=O) groups excluding carboxylic acids is 1. The third-order valence-corrected chi connectivity index (χ3v) is 3.17. The number of carbonyl (C=O) groups is 1. The molecule has 0 saturated carbocycles. The standard InChI is InChI=1S/C13H18N2O/c1-8(2)9-3-4-11-10(7-14)6-13(16)15-12(11)5-9/h3-5,8,10H,6-7,14H2,1-2H3,(H,15,16). The Morgan fingerprint density at radius 1 is 1.50 bits per heavy atom. The van der Waals surface area contributed by atoms with E-state index in [0.29, 0.717) is 18.9 Å². The van der Waals surface area contributed by atoms with E-state index in [1.165, 1.54) is 11.1 Å². The molecule has 1 aliphatic rings. The number of amides is 1. The zero-order valence-electron chi connectivity index (χ0n) is 9.79. The molecule has 86 valence electrons. The van der Waals surface area contributed by atoms with Gasteiger partial charge in [-0.05, 0) is 29.7 Å². The third-order valence-electron chi connectivity index (χ3n) is 3.17. The predicted molar refractivity (Wildman–Crippen MR) is 65.6 cm³/mol. The highest BCUT2D eigenvalue weighted by Gasteiger charge is 2.24. The van der Waals surface area contributed by atoms with E-state index >= 15 is 0 Å². The van der Waals surface area contributed by atoms with Crippen molar-refractivity contribution in [2.45, 2.75) is 32.1 Å². The van der Waals surface area contributed by atoms with Crippen molar-refractivity contribution < 1.29 is 4.79 Å². The molecule has 0 aliphatic carbocycles. The van der Waals surface area contributed by atoms with Crippen LogP contribution in [0.25, 0.3) is 0 Å². The van der Waals surface area contributed by atoms with E-state index in [1.807, 2.05) is 0 Å². The van der Waals surface area contributed by atoms with Gasteiger partial charge in [-0.1, -0.05) is 26.0 Å². The van der Waals surface area contributed by atoms with Crippen LogP contribution >= 0.6 is 0 Å². The minimum Gasteiger partial charge on any atom is -0.330 e. The summed E-state index contributed by atoms with van der Waals surface area (Å²) < 4.78 is 0. The fourth-order valence-corrected chi connectivity index (χ4v) is 2.14. The molecule has 3 nitrogen and oxygen atoms in total. The smallest absolute Gasteiger partial charge is 0.225 e. The van der Waals surface area contributed by atoms with Crippen LogP contribution in [0.1, 0.15) is 43.2 Å². The second-order valence-corrected chi connectivity index (χ2v) is 4.69. The summed E-state index contributed by atoms with van der Waals surface area (Å²) in [6.07, 6.45) is 0.504. The molecule has 1 aromatic carbocycles. The van der Waals surface area contributed by atoms with Gasteiger partial charge in [0, 0.05) is 18.0 Å². The summed E-state index contributed by atoms with van der Waals surface area (Å²) in [5.41, 5.74) is 9.06. The zero-order chi connectivity index (χ0) is 11.7. The van der Waals surface area contributed by atoms with Crippen molar-refractivity contribution in [2.24, 2.45) is 5.73 Å². The summed E-state index contributed by atoms with van der Waals surface area (Å²) >= 11 is 0. The number of hydrogen-bond donors (Lipinski definition) is 2. The van der Waals surface area contributed by atoms with Gasteiger partial charge < -0.3 is 11.1 Å². The second kappa shape index (κ2) is 4.26. The van der Waals surface area contributed by atoms with Gasteiger partial charge in [-0.25, -0.2) is 0 Å². The average molecular weight is 218 g/mol. The first-order valence-corrected chi connectivity index (χ1v) is 5.75. The summed E-state index contributed by atoms with van der Waals surface area (Å²) in [7, 11) is 0. The molecule has 0 fully saturated rings. The van der Waals surface area contributed by atoms with Crippen LogP contribution in [-0.2, 0) is 4.79 Å². The summed E-state index contributed by atoms with van der Waals surface area (Å²) in [4.78, 5) is 11.5. The van der Waals surface area contributed by atoms with Gasteiger partial charge in [0.25, 0.3) is 0 Å². The number of benzene rings is 1. The Labute approximate surface area is 96.0 Å². The highest BCUT2D eigenvalue weighted by atomic mass is 16.1. The molecule has 0 radical (unpaired) electrons. The van der Waals surface area contributed by atoms with Crippen LogP contribution in [0, 0.1) is 0 Å². The minimum absolute atomic E-state index is 0.0730. The van der Waals surface area contributed by atoms with Crippen molar-refractivity contribution >= 4 is 11.6 Å². The number of hydrogen-bond acceptors (Lipinski definition) is 2. The Balaban J connectivity index is 2.42. The predicted octanol–water partition coefficient (Wildman–Crippen LogP) is 2.19. The van der Waals surface area contributed by atoms with Crippen molar-refractivity contribution in [3.63, 3.8) is 0 Å². The van der Waals surface area contributed by atoms with E-state index < -0.39 is 0 Å². The van der Waals surface area contributed by atoms with Crippen LogP contribution in [0.2, 0.25) is 0 Å². The van der Waals surface area contributed by atoms with Gasteiger partial charge in [-0.15, -0.1) is 0 Å². The Kier molecular flexibility index (Phi) is 2.97. The van der Waals surface area contributed by atoms with Crippen molar-refractivity contribution in [1.29, 1.82) is 0 Å². The van der Waals surface area contributed by atoms with E-state index in [0.717, 1.165) is 5.69 Å². The second-order valence-electron chi connectivity index (χ2n) is 4.69. The summed E-state index contributed by atoms with van der Waals surface area (Å²) in [6.45, 7) is 4.82. The highest BCUT2D eigenvalue weighted by molar-refractivity contribution is 5.94. The Hall–Kier alpha value is -1.35. The van der Waals surface area contributed by atoms with Crippen LogP contribution < -0.4 is 11.1 Å². The van der Waals surface area contributed by atoms with Gasteiger partial charge in [0.15, 0.2) is 0 Å². The Morgan fingerprint density at radius 2 is 2.25 bits per heavy atom. The van der Waals surface area contributed by atoms with Crippen molar-refractivity contribution in [1.82, 2.24) is 0 Å². The van der Waals surface area contributed by atoms with Crippen LogP contribution in [0.3, 0.4) is 0 Å². The van der Waals surface area contributed by atoms with Crippen LogP contribution in [0.5, 0.6) is 0 Å². The monoisotopic (exact) mass is 218 g/mol. The maximum Gasteiger partial charge on any atom is 0.225 e. The lowest BCUT2D eigenvalue weighted by atomic mass is 9.88. The molecule has 0 aromatic heterocycles. The van der Waals surface area contributed by atoms with E-state index in [-0.39, 0.29) is 11.8 Å². The molecule has 1 heterocycles. The number of nitrogens with one attached hydrogen (secondary N) is 1. The normalized spacial score (nSPS) is 19.5. The van der Waals surface area contributed by atoms with Gasteiger partial charge in [0.1, 0.15) is 0 Å². The largest absolute Gasteiger partial charge is 0.330 e. The molecule has 3 N–H and O–H groups in total. The quantitative estimate of drug-likeness (QED) is 0.799. The lowest BCUT2D eigenvalue weighted by Gasteiger charge is -2.25. The SMILES string of the molecule is CC(C)c1ccc2c(c1)NC(=O)CC2CN. The van der Waals surface area contributed by atoms with E-state index in [9.17, 15) is 4.79 Å². The molecular formula is C13H18N2O. The molecule has 1 aliphatic heterocycles. The lowest BCUT2D eigenvalue weighted by Crippen LogP contribution is -2.27. The first-order chi connectivity index (χ1) is 7.61. The molecule has 3 heteroatoms. The molecule has 1 amide bonds. The van der Waals surface area contributed by atoms with Crippen LogP contribution in [-0.4, -0.2) is 12.5 Å². The average Bonchev–Trinajstić information content (AvgIpc) is 2.26. The van der Waals surface area contributed by atoms with Gasteiger partial charge in [0.05, 0.1) is 0 Å². The molecule has 0 spiro atoms. The van der Waals surface area contributed by atoms with Crippen LogP contribution in [0.4, 0.5) is 5.69 Å². The van der Waals surface area contributed by atoms with E-state index in [2.05, 4.69) is 37.4 Å². The first-order valence-electron chi connectivity index (χ1n) is 5.75. The number of rotatable bonds is 2. The number of fused-ring (bicyclic) bond motifs is 1. The molecule has 1 aromatic rings. The molecule has 16 heavy (non-hydrogen) atoms. The first kappa shape index (κ1) is 11.1. The van der Waals surface area contributed by atoms with Crippen LogP contribution in [0.15, 0.2) is 18.2 Å².